The monoisotopic (exact) mass is 606 g/mol. The smallest absolute Gasteiger partial charge is 0.330 e. The van der Waals surface area contributed by atoms with Crippen molar-refractivity contribution in [1.29, 1.82) is 0 Å². The summed E-state index contributed by atoms with van der Waals surface area (Å²) in [5.74, 6) is 0.983. The fraction of sp³-hybridized carbons (Fsp3) is 0.500. The van der Waals surface area contributed by atoms with Gasteiger partial charge in [0.15, 0.2) is 0 Å². The molecule has 0 aromatic heterocycles. The summed E-state index contributed by atoms with van der Waals surface area (Å²) in [5.41, 5.74) is 1.54. The molecule has 0 atom stereocenters. The summed E-state index contributed by atoms with van der Waals surface area (Å²) in [7, 11) is 0. The third kappa shape index (κ3) is 18.6. The molecule has 0 fully saturated rings. The van der Waals surface area contributed by atoms with Gasteiger partial charge in [0.05, 0.1) is 37.8 Å². The van der Waals surface area contributed by atoms with E-state index in [9.17, 15) is 9.59 Å². The number of hydrogen-bond acceptors (Lipinski definition) is 8. The van der Waals surface area contributed by atoms with Crippen molar-refractivity contribution in [3.05, 3.63) is 73.8 Å². The molecule has 0 aliphatic carbocycles. The molecule has 0 heterocycles. The van der Waals surface area contributed by atoms with E-state index in [-0.39, 0.29) is 11.9 Å². The molecule has 2 aromatic rings. The average molecular weight is 607 g/mol. The van der Waals surface area contributed by atoms with Gasteiger partial charge in [0, 0.05) is 12.2 Å². The van der Waals surface area contributed by atoms with Crippen LogP contribution in [0.15, 0.2) is 84.1 Å². The molecule has 2 rings (SSSR count). The van der Waals surface area contributed by atoms with E-state index in [0.717, 1.165) is 87.1 Å². The summed E-state index contributed by atoms with van der Waals surface area (Å²) >= 11 is 0. The molecule has 0 saturated heterocycles. The first-order valence-corrected chi connectivity index (χ1v) is 16.1. The quantitative estimate of drug-likeness (QED) is 0.0458. The minimum atomic E-state index is -0.345. The molecule has 0 N–H and O–H groups in total. The zero-order chi connectivity index (χ0) is 31.5. The molecule has 8 nitrogen and oxygen atoms in total. The number of ether oxygens (including phenoxy) is 4. The van der Waals surface area contributed by atoms with Crippen LogP contribution in [0.25, 0.3) is 0 Å². The van der Waals surface area contributed by atoms with Gasteiger partial charge < -0.3 is 18.9 Å². The van der Waals surface area contributed by atoms with E-state index in [1.54, 1.807) is 0 Å². The number of unbranched alkanes of at least 4 members (excludes halogenated alkanes) is 12. The van der Waals surface area contributed by atoms with Gasteiger partial charge in [0.1, 0.15) is 11.5 Å². The Morgan fingerprint density at radius 1 is 0.477 bits per heavy atom. The molecule has 0 unspecified atom stereocenters. The number of benzene rings is 2. The van der Waals surface area contributed by atoms with Gasteiger partial charge in [-0.1, -0.05) is 77.4 Å². The van der Waals surface area contributed by atoms with Gasteiger partial charge in [-0.05, 0) is 74.2 Å². The van der Waals surface area contributed by atoms with Crippen molar-refractivity contribution in [2.45, 2.75) is 89.9 Å². The second-order valence-corrected chi connectivity index (χ2v) is 10.6. The minimum absolute atomic E-state index is 0.345. The zero-order valence-corrected chi connectivity index (χ0v) is 26.3. The third-order valence-corrected chi connectivity index (χ3v) is 6.89. The molecule has 8 heteroatoms. The number of azo groups is 1. The van der Waals surface area contributed by atoms with Crippen LogP contribution in [0.1, 0.15) is 89.9 Å². The Kier molecular flexibility index (Phi) is 20.2. The fourth-order valence-electron chi connectivity index (χ4n) is 4.35. The highest BCUT2D eigenvalue weighted by molar-refractivity contribution is 5.81. The molecule has 0 aliphatic heterocycles. The predicted molar refractivity (Wildman–Crippen MR) is 175 cm³/mol. The van der Waals surface area contributed by atoms with Crippen molar-refractivity contribution in [3.8, 4) is 11.5 Å². The first-order chi connectivity index (χ1) is 21.6. The predicted octanol–water partition coefficient (Wildman–Crippen LogP) is 9.78. The number of carbonyl (C=O) groups is 2. The van der Waals surface area contributed by atoms with E-state index in [1.807, 2.05) is 48.5 Å². The van der Waals surface area contributed by atoms with Crippen molar-refractivity contribution < 1.29 is 28.5 Å². The van der Waals surface area contributed by atoms with Gasteiger partial charge in [0.25, 0.3) is 0 Å². The summed E-state index contributed by atoms with van der Waals surface area (Å²) in [6, 6.07) is 15.3. The topological polar surface area (TPSA) is 95.8 Å². The summed E-state index contributed by atoms with van der Waals surface area (Å²) in [6.07, 6.45) is 17.8. The van der Waals surface area contributed by atoms with Gasteiger partial charge in [-0.15, -0.1) is 0 Å². The normalized spacial score (nSPS) is 10.8. The lowest BCUT2D eigenvalue weighted by Gasteiger charge is -2.07. The van der Waals surface area contributed by atoms with Crippen molar-refractivity contribution in [3.63, 3.8) is 0 Å². The molecule has 0 radical (unpaired) electrons. The Labute approximate surface area is 263 Å². The van der Waals surface area contributed by atoms with Crippen LogP contribution < -0.4 is 9.47 Å². The number of rotatable bonds is 26. The first-order valence-electron chi connectivity index (χ1n) is 16.1. The van der Waals surface area contributed by atoms with Crippen LogP contribution in [0, 0.1) is 0 Å². The van der Waals surface area contributed by atoms with Crippen LogP contribution in [-0.4, -0.2) is 38.4 Å². The lowest BCUT2D eigenvalue weighted by atomic mass is 10.1. The molecule has 0 saturated carbocycles. The summed E-state index contributed by atoms with van der Waals surface area (Å²) in [6.45, 7) is 9.13. The summed E-state index contributed by atoms with van der Waals surface area (Å²) < 4.78 is 21.7. The molecular weight excluding hydrogens is 556 g/mol. The number of nitrogens with zero attached hydrogens (tertiary/aromatic N) is 2. The lowest BCUT2D eigenvalue weighted by molar-refractivity contribution is -0.138. The van der Waals surface area contributed by atoms with E-state index < -0.39 is 0 Å². The number of hydrogen-bond donors (Lipinski definition) is 0. The van der Waals surface area contributed by atoms with Crippen LogP contribution in [-0.2, 0) is 19.1 Å². The SMILES string of the molecule is C=CC(=O)OCCCCCCCCCOc1ccc(/N=N/c2ccc(OCCCCCCCCCOC(=O)C=C)cc2)cc1. The van der Waals surface area contributed by atoms with Crippen LogP contribution in [0.3, 0.4) is 0 Å². The first kappa shape index (κ1) is 36.3. The van der Waals surface area contributed by atoms with Crippen LogP contribution in [0.4, 0.5) is 11.4 Å². The molecule has 0 amide bonds. The minimum Gasteiger partial charge on any atom is -0.494 e. The number of esters is 2. The molecule has 44 heavy (non-hydrogen) atoms. The average Bonchev–Trinajstić information content (AvgIpc) is 3.05. The van der Waals surface area contributed by atoms with Gasteiger partial charge in [-0.25, -0.2) is 9.59 Å². The maximum Gasteiger partial charge on any atom is 0.330 e. The number of carbonyl (C=O) groups excluding carboxylic acids is 2. The van der Waals surface area contributed by atoms with Crippen LogP contribution >= 0.6 is 0 Å². The highest BCUT2D eigenvalue weighted by Crippen LogP contribution is 2.23. The largest absolute Gasteiger partial charge is 0.494 e. The summed E-state index contributed by atoms with van der Waals surface area (Å²) in [4.78, 5) is 21.9. The highest BCUT2D eigenvalue weighted by atomic mass is 16.5. The van der Waals surface area contributed by atoms with E-state index in [1.165, 1.54) is 37.8 Å². The second-order valence-electron chi connectivity index (χ2n) is 10.6. The molecule has 240 valence electrons. The fourth-order valence-corrected chi connectivity index (χ4v) is 4.35. The van der Waals surface area contributed by atoms with Crippen molar-refractivity contribution >= 4 is 23.3 Å². The van der Waals surface area contributed by atoms with Crippen molar-refractivity contribution in [2.24, 2.45) is 10.2 Å². The standard InChI is InChI=1S/C36H50N2O6/c1-3-35(39)43-29-17-13-9-5-7-11-15-27-41-33-23-19-31(20-24-33)37-38-32-21-25-34(26-22-32)42-28-16-12-8-6-10-14-18-30-44-36(40)4-2/h3-4,19-26H,1-2,5-18,27-30H2/b38-37+. The van der Waals surface area contributed by atoms with Crippen LogP contribution in [0.5, 0.6) is 11.5 Å². The van der Waals surface area contributed by atoms with Gasteiger partial charge in [-0.2, -0.15) is 10.2 Å². The maximum absolute atomic E-state index is 11.0. The van der Waals surface area contributed by atoms with E-state index in [0.29, 0.717) is 26.4 Å². The van der Waals surface area contributed by atoms with Crippen molar-refractivity contribution in [2.75, 3.05) is 26.4 Å². The molecule has 2 aromatic carbocycles. The highest BCUT2D eigenvalue weighted by Gasteiger charge is 2.00. The maximum atomic E-state index is 11.0. The third-order valence-electron chi connectivity index (χ3n) is 6.89. The molecule has 0 bridgehead atoms. The van der Waals surface area contributed by atoms with E-state index >= 15 is 0 Å². The Hall–Kier alpha value is -3.94. The Morgan fingerprint density at radius 3 is 1.09 bits per heavy atom. The Bertz CT molecular complexity index is 1010. The molecule has 0 aliphatic rings. The zero-order valence-electron chi connectivity index (χ0n) is 26.3. The van der Waals surface area contributed by atoms with Gasteiger partial charge in [0.2, 0.25) is 0 Å². The van der Waals surface area contributed by atoms with E-state index in [2.05, 4.69) is 23.4 Å². The summed E-state index contributed by atoms with van der Waals surface area (Å²) in [5, 5.41) is 8.66. The lowest BCUT2D eigenvalue weighted by Crippen LogP contribution is -2.01. The van der Waals surface area contributed by atoms with Gasteiger partial charge in [-0.3, -0.25) is 0 Å². The second kappa shape index (κ2) is 24.5. The van der Waals surface area contributed by atoms with Crippen molar-refractivity contribution in [1.82, 2.24) is 0 Å². The Balaban J connectivity index is 1.48. The van der Waals surface area contributed by atoms with E-state index in [4.69, 9.17) is 18.9 Å². The van der Waals surface area contributed by atoms with Crippen LogP contribution in [0.2, 0.25) is 0 Å². The molecule has 0 spiro atoms. The van der Waals surface area contributed by atoms with Gasteiger partial charge >= 0.3 is 11.9 Å². The molecular formula is C36H50N2O6. The Morgan fingerprint density at radius 2 is 0.773 bits per heavy atom.